The molecule has 1 fully saturated rings. The summed E-state index contributed by atoms with van der Waals surface area (Å²) >= 11 is 0. The van der Waals surface area contributed by atoms with Crippen molar-refractivity contribution in [2.45, 2.75) is 24.8 Å². The van der Waals surface area contributed by atoms with Gasteiger partial charge < -0.3 is 14.8 Å². The van der Waals surface area contributed by atoms with Crippen molar-refractivity contribution < 1.29 is 18.3 Å². The Bertz CT molecular complexity index is 163. The Hall–Kier alpha value is -0.260. The molecule has 1 aliphatic carbocycles. The minimum absolute atomic E-state index is 0.218. The van der Waals surface area contributed by atoms with Gasteiger partial charge in [0.05, 0.1) is 19.8 Å². The van der Waals surface area contributed by atoms with Gasteiger partial charge in [0.1, 0.15) is 6.61 Å². The second kappa shape index (κ2) is 5.58. The predicted molar refractivity (Wildman–Crippen MR) is 48.7 cm³/mol. The lowest BCUT2D eigenvalue weighted by Crippen LogP contribution is -2.38. The molecule has 0 unspecified atom stereocenters. The molecule has 0 atom stereocenters. The first-order valence-electron chi connectivity index (χ1n) is 4.82. The fourth-order valence-corrected chi connectivity index (χ4v) is 0.996. The van der Waals surface area contributed by atoms with Crippen LogP contribution >= 0.6 is 0 Å². The van der Waals surface area contributed by atoms with Crippen LogP contribution in [-0.4, -0.2) is 45.4 Å². The molecule has 3 nitrogen and oxygen atoms in total. The molecule has 1 aliphatic rings. The van der Waals surface area contributed by atoms with Gasteiger partial charge in [-0.1, -0.05) is 0 Å². The lowest BCUT2D eigenvalue weighted by molar-refractivity contribution is -0.0813. The fraction of sp³-hybridized carbons (Fsp3) is 1.00. The summed E-state index contributed by atoms with van der Waals surface area (Å²) in [6.07, 6.45) is 2.03. The van der Waals surface area contributed by atoms with Crippen molar-refractivity contribution >= 4 is 0 Å². The first-order chi connectivity index (χ1) is 6.64. The van der Waals surface area contributed by atoms with Gasteiger partial charge >= 0.3 is 0 Å². The number of hydrogen-bond donors (Lipinski definition) is 1. The van der Waals surface area contributed by atoms with E-state index in [1.165, 1.54) is 7.11 Å². The molecule has 0 aromatic rings. The standard InChI is InChI=1S/C9H17F2NO2/c1-13-4-5-14-7-9(10,11)6-12-8-2-3-8/h8,12H,2-7H2,1H3. The maximum absolute atomic E-state index is 13.0. The van der Waals surface area contributed by atoms with Crippen LogP contribution in [0.5, 0.6) is 0 Å². The highest BCUT2D eigenvalue weighted by Gasteiger charge is 2.32. The van der Waals surface area contributed by atoms with Gasteiger partial charge in [-0.3, -0.25) is 0 Å². The number of rotatable bonds is 8. The van der Waals surface area contributed by atoms with Crippen LogP contribution in [-0.2, 0) is 9.47 Å². The molecule has 1 N–H and O–H groups in total. The Balaban J connectivity index is 1.99. The summed E-state index contributed by atoms with van der Waals surface area (Å²) in [5.74, 6) is -2.77. The van der Waals surface area contributed by atoms with Gasteiger partial charge in [0, 0.05) is 13.2 Å². The molecule has 84 valence electrons. The Labute approximate surface area is 82.8 Å². The SMILES string of the molecule is COCCOCC(F)(F)CNC1CC1. The molecule has 0 heterocycles. The number of halogens is 2. The molecule has 0 aromatic heterocycles. The Morgan fingerprint density at radius 1 is 1.36 bits per heavy atom. The van der Waals surface area contributed by atoms with Gasteiger partial charge in [-0.2, -0.15) is 0 Å². The van der Waals surface area contributed by atoms with Gasteiger partial charge in [0.25, 0.3) is 5.92 Å². The Morgan fingerprint density at radius 3 is 2.64 bits per heavy atom. The zero-order valence-electron chi connectivity index (χ0n) is 8.39. The second-order valence-electron chi connectivity index (χ2n) is 3.56. The summed E-state index contributed by atoms with van der Waals surface area (Å²) in [4.78, 5) is 0. The number of hydrogen-bond acceptors (Lipinski definition) is 3. The van der Waals surface area contributed by atoms with E-state index in [1.54, 1.807) is 0 Å². The maximum atomic E-state index is 13.0. The zero-order valence-corrected chi connectivity index (χ0v) is 8.39. The van der Waals surface area contributed by atoms with Crippen molar-refractivity contribution in [3.8, 4) is 0 Å². The average molecular weight is 209 g/mol. The Kier molecular flexibility index (Phi) is 4.71. The molecule has 0 spiro atoms. The number of alkyl halides is 2. The van der Waals surface area contributed by atoms with Crippen molar-refractivity contribution in [3.05, 3.63) is 0 Å². The van der Waals surface area contributed by atoms with E-state index in [-0.39, 0.29) is 13.2 Å². The molecular formula is C9H17F2NO2. The van der Waals surface area contributed by atoms with Crippen LogP contribution in [0.1, 0.15) is 12.8 Å². The molecule has 0 radical (unpaired) electrons. The third-order valence-electron chi connectivity index (χ3n) is 1.97. The zero-order chi connectivity index (χ0) is 10.4. The Morgan fingerprint density at radius 2 is 2.07 bits per heavy atom. The maximum Gasteiger partial charge on any atom is 0.283 e. The smallest absolute Gasteiger partial charge is 0.283 e. The topological polar surface area (TPSA) is 30.5 Å². The molecule has 0 bridgehead atoms. The molecule has 1 saturated carbocycles. The van der Waals surface area contributed by atoms with Crippen molar-refractivity contribution in [2.24, 2.45) is 0 Å². The molecular weight excluding hydrogens is 192 g/mol. The summed E-state index contributed by atoms with van der Waals surface area (Å²) in [5.41, 5.74) is 0. The summed E-state index contributed by atoms with van der Waals surface area (Å²) in [6, 6.07) is 0.305. The van der Waals surface area contributed by atoms with Crippen molar-refractivity contribution in [3.63, 3.8) is 0 Å². The summed E-state index contributed by atoms with van der Waals surface area (Å²) in [6.45, 7) is -0.248. The van der Waals surface area contributed by atoms with E-state index in [2.05, 4.69) is 10.1 Å². The summed E-state index contributed by atoms with van der Waals surface area (Å²) in [7, 11) is 1.51. The van der Waals surface area contributed by atoms with Gasteiger partial charge in [-0.05, 0) is 12.8 Å². The lowest BCUT2D eigenvalue weighted by Gasteiger charge is -2.16. The number of methoxy groups -OCH3 is 1. The van der Waals surface area contributed by atoms with Crippen LogP contribution in [0.25, 0.3) is 0 Å². The van der Waals surface area contributed by atoms with Gasteiger partial charge in [-0.15, -0.1) is 0 Å². The van der Waals surface area contributed by atoms with E-state index < -0.39 is 12.5 Å². The second-order valence-corrected chi connectivity index (χ2v) is 3.56. The third-order valence-corrected chi connectivity index (χ3v) is 1.97. The number of nitrogens with one attached hydrogen (secondary N) is 1. The minimum atomic E-state index is -2.77. The molecule has 0 aromatic carbocycles. The van der Waals surface area contributed by atoms with E-state index >= 15 is 0 Å². The van der Waals surface area contributed by atoms with Crippen LogP contribution in [0.15, 0.2) is 0 Å². The first kappa shape index (κ1) is 11.8. The van der Waals surface area contributed by atoms with Crippen LogP contribution in [0.2, 0.25) is 0 Å². The monoisotopic (exact) mass is 209 g/mol. The van der Waals surface area contributed by atoms with Crippen molar-refractivity contribution in [1.82, 2.24) is 5.32 Å². The van der Waals surface area contributed by atoms with E-state index in [1.807, 2.05) is 0 Å². The van der Waals surface area contributed by atoms with Gasteiger partial charge in [0.15, 0.2) is 0 Å². The van der Waals surface area contributed by atoms with Crippen LogP contribution < -0.4 is 5.32 Å². The largest absolute Gasteiger partial charge is 0.382 e. The normalized spacial score (nSPS) is 17.4. The molecule has 5 heteroatoms. The molecule has 14 heavy (non-hydrogen) atoms. The molecule has 1 rings (SSSR count). The van der Waals surface area contributed by atoms with E-state index in [4.69, 9.17) is 4.74 Å². The molecule has 0 aliphatic heterocycles. The highest BCUT2D eigenvalue weighted by molar-refractivity contribution is 4.83. The fourth-order valence-electron chi connectivity index (χ4n) is 0.996. The predicted octanol–water partition coefficient (Wildman–Crippen LogP) is 1.04. The van der Waals surface area contributed by atoms with Crippen LogP contribution in [0.3, 0.4) is 0 Å². The van der Waals surface area contributed by atoms with Crippen LogP contribution in [0, 0.1) is 0 Å². The molecule has 0 saturated heterocycles. The van der Waals surface area contributed by atoms with Crippen LogP contribution in [0.4, 0.5) is 8.78 Å². The van der Waals surface area contributed by atoms with E-state index in [0.29, 0.717) is 12.6 Å². The highest BCUT2D eigenvalue weighted by Crippen LogP contribution is 2.21. The van der Waals surface area contributed by atoms with Gasteiger partial charge in [-0.25, -0.2) is 8.78 Å². The lowest BCUT2D eigenvalue weighted by atomic mass is 10.3. The third kappa shape index (κ3) is 5.47. The average Bonchev–Trinajstić information content (AvgIpc) is 2.93. The summed E-state index contributed by atoms with van der Waals surface area (Å²) < 4.78 is 35.5. The summed E-state index contributed by atoms with van der Waals surface area (Å²) in [5, 5.41) is 2.78. The van der Waals surface area contributed by atoms with Crippen molar-refractivity contribution in [1.29, 1.82) is 0 Å². The quantitative estimate of drug-likeness (QED) is 0.606. The molecule has 0 amide bonds. The highest BCUT2D eigenvalue weighted by atomic mass is 19.3. The minimum Gasteiger partial charge on any atom is -0.382 e. The van der Waals surface area contributed by atoms with Gasteiger partial charge in [0.2, 0.25) is 0 Å². The van der Waals surface area contributed by atoms with Crippen molar-refractivity contribution in [2.75, 3.05) is 33.5 Å². The first-order valence-corrected chi connectivity index (χ1v) is 4.82. The van der Waals surface area contributed by atoms with E-state index in [0.717, 1.165) is 12.8 Å². The van der Waals surface area contributed by atoms with E-state index in [9.17, 15) is 8.78 Å². The number of ether oxygens (including phenoxy) is 2.